The van der Waals surface area contributed by atoms with E-state index >= 15 is 0 Å². The molecule has 1 aliphatic heterocycles. The van der Waals surface area contributed by atoms with Crippen LogP contribution in [0.3, 0.4) is 0 Å². The molecule has 0 aromatic heterocycles. The van der Waals surface area contributed by atoms with Gasteiger partial charge in [-0.25, -0.2) is 0 Å². The summed E-state index contributed by atoms with van der Waals surface area (Å²) in [5, 5.41) is 0. The van der Waals surface area contributed by atoms with E-state index in [1.54, 1.807) is 0 Å². The molecule has 2 heteroatoms. The molecule has 1 fully saturated rings. The summed E-state index contributed by atoms with van der Waals surface area (Å²) in [6.45, 7) is 16.7. The second kappa shape index (κ2) is 7.38. The van der Waals surface area contributed by atoms with Crippen LogP contribution in [0.2, 0.25) is 0 Å². The van der Waals surface area contributed by atoms with Gasteiger partial charge in [0.05, 0.1) is 0 Å². The molecule has 0 N–H and O–H groups in total. The quantitative estimate of drug-likeness (QED) is 0.703. The van der Waals surface area contributed by atoms with Gasteiger partial charge in [-0.2, -0.15) is 0 Å². The van der Waals surface area contributed by atoms with E-state index in [0.717, 1.165) is 12.0 Å². The van der Waals surface area contributed by atoms with E-state index in [4.69, 9.17) is 0 Å². The van der Waals surface area contributed by atoms with Crippen molar-refractivity contribution >= 4 is 0 Å². The third-order valence-corrected chi connectivity index (χ3v) is 4.08. The highest BCUT2D eigenvalue weighted by atomic mass is 15.2. The average molecular weight is 240 g/mol. The normalized spacial score (nSPS) is 19.8. The summed E-state index contributed by atoms with van der Waals surface area (Å²) in [6, 6.07) is 1.53. The fourth-order valence-corrected chi connectivity index (χ4v) is 2.96. The molecule has 0 spiro atoms. The molecule has 0 radical (unpaired) electrons. The molecule has 0 aliphatic carbocycles. The Labute approximate surface area is 108 Å². The second-order valence-electron chi connectivity index (χ2n) is 6.18. The first-order valence-electron chi connectivity index (χ1n) is 7.52. The van der Waals surface area contributed by atoms with Crippen LogP contribution in [0.4, 0.5) is 0 Å². The van der Waals surface area contributed by atoms with E-state index in [2.05, 4.69) is 44.4 Å². The van der Waals surface area contributed by atoms with Crippen LogP contribution in [0.15, 0.2) is 0 Å². The van der Waals surface area contributed by atoms with Crippen LogP contribution in [0.5, 0.6) is 0 Å². The van der Waals surface area contributed by atoms with E-state index < -0.39 is 0 Å². The van der Waals surface area contributed by atoms with Crippen molar-refractivity contribution in [2.45, 2.75) is 66.0 Å². The third-order valence-electron chi connectivity index (χ3n) is 4.08. The first-order chi connectivity index (χ1) is 8.04. The molecular formula is C15H32N2. The van der Waals surface area contributed by atoms with Crippen molar-refractivity contribution in [2.24, 2.45) is 5.92 Å². The van der Waals surface area contributed by atoms with E-state index in [1.807, 2.05) is 0 Å². The van der Waals surface area contributed by atoms with Gasteiger partial charge in [-0.1, -0.05) is 20.8 Å². The summed E-state index contributed by atoms with van der Waals surface area (Å²) in [6.07, 6.45) is 4.08. The minimum Gasteiger partial charge on any atom is -0.303 e. The topological polar surface area (TPSA) is 6.48 Å². The summed E-state index contributed by atoms with van der Waals surface area (Å²) in [5.74, 6) is 0.843. The number of likely N-dealkylation sites (tertiary alicyclic amines) is 1. The Morgan fingerprint density at radius 2 is 1.71 bits per heavy atom. The van der Waals surface area contributed by atoms with Gasteiger partial charge < -0.3 is 4.90 Å². The zero-order valence-corrected chi connectivity index (χ0v) is 12.6. The maximum atomic E-state index is 2.67. The minimum atomic E-state index is 0.701. The minimum absolute atomic E-state index is 0.701. The number of hydrogen-bond acceptors (Lipinski definition) is 2. The summed E-state index contributed by atoms with van der Waals surface area (Å²) < 4.78 is 0. The van der Waals surface area contributed by atoms with Crippen molar-refractivity contribution in [3.63, 3.8) is 0 Å². The van der Waals surface area contributed by atoms with E-state index in [1.165, 1.54) is 45.4 Å². The van der Waals surface area contributed by atoms with Crippen LogP contribution in [0.25, 0.3) is 0 Å². The standard InChI is InChI=1S/C15H32N2/c1-6-17(14(4)5)15-8-11-16(12-9-15)10-7-13(2)3/h13-15H,6-12H2,1-5H3. The Bertz CT molecular complexity index is 193. The first-order valence-corrected chi connectivity index (χ1v) is 7.52. The molecule has 0 atom stereocenters. The van der Waals surface area contributed by atoms with E-state index in [0.29, 0.717) is 6.04 Å². The maximum absolute atomic E-state index is 2.67. The van der Waals surface area contributed by atoms with Gasteiger partial charge in [-0.3, -0.25) is 4.90 Å². The Hall–Kier alpha value is -0.0800. The van der Waals surface area contributed by atoms with Crippen molar-refractivity contribution in [1.82, 2.24) is 9.80 Å². The molecule has 0 aromatic carbocycles. The number of rotatable bonds is 6. The molecule has 2 nitrogen and oxygen atoms in total. The van der Waals surface area contributed by atoms with Gasteiger partial charge in [0, 0.05) is 12.1 Å². The molecular weight excluding hydrogens is 208 g/mol. The molecule has 1 rings (SSSR count). The molecule has 17 heavy (non-hydrogen) atoms. The number of piperidine rings is 1. The Morgan fingerprint density at radius 1 is 1.12 bits per heavy atom. The lowest BCUT2D eigenvalue weighted by Crippen LogP contribution is -2.47. The monoisotopic (exact) mass is 240 g/mol. The summed E-state index contributed by atoms with van der Waals surface area (Å²) in [5.41, 5.74) is 0. The highest BCUT2D eigenvalue weighted by Gasteiger charge is 2.24. The smallest absolute Gasteiger partial charge is 0.0122 e. The predicted molar refractivity (Wildman–Crippen MR) is 76.4 cm³/mol. The van der Waals surface area contributed by atoms with Gasteiger partial charge in [0.15, 0.2) is 0 Å². The average Bonchev–Trinajstić information content (AvgIpc) is 2.28. The van der Waals surface area contributed by atoms with Crippen LogP contribution in [0, 0.1) is 5.92 Å². The van der Waals surface area contributed by atoms with Crippen molar-refractivity contribution in [2.75, 3.05) is 26.2 Å². The lowest BCUT2D eigenvalue weighted by Gasteiger charge is -2.40. The number of nitrogens with zero attached hydrogens (tertiary/aromatic N) is 2. The third kappa shape index (κ3) is 4.97. The molecule has 1 heterocycles. The molecule has 102 valence electrons. The predicted octanol–water partition coefficient (Wildman–Crippen LogP) is 3.23. The molecule has 0 unspecified atom stereocenters. The van der Waals surface area contributed by atoms with Gasteiger partial charge in [-0.15, -0.1) is 0 Å². The summed E-state index contributed by atoms with van der Waals surface area (Å²) in [7, 11) is 0. The molecule has 1 aliphatic rings. The van der Waals surface area contributed by atoms with Crippen LogP contribution in [0.1, 0.15) is 53.9 Å². The summed E-state index contributed by atoms with van der Waals surface area (Å²) in [4.78, 5) is 5.32. The fourth-order valence-electron chi connectivity index (χ4n) is 2.96. The molecule has 0 amide bonds. The molecule has 1 saturated heterocycles. The second-order valence-corrected chi connectivity index (χ2v) is 6.18. The van der Waals surface area contributed by atoms with Crippen molar-refractivity contribution in [3.8, 4) is 0 Å². The highest BCUT2D eigenvalue weighted by Crippen LogP contribution is 2.19. The van der Waals surface area contributed by atoms with Crippen LogP contribution in [-0.4, -0.2) is 48.1 Å². The maximum Gasteiger partial charge on any atom is 0.0122 e. The van der Waals surface area contributed by atoms with Gasteiger partial charge in [0.1, 0.15) is 0 Å². The van der Waals surface area contributed by atoms with Gasteiger partial charge in [0.25, 0.3) is 0 Å². The molecule has 0 bridgehead atoms. The van der Waals surface area contributed by atoms with Crippen LogP contribution < -0.4 is 0 Å². The lowest BCUT2D eigenvalue weighted by molar-refractivity contribution is 0.0875. The first kappa shape index (κ1) is 15.0. The summed E-state index contributed by atoms with van der Waals surface area (Å²) >= 11 is 0. The van der Waals surface area contributed by atoms with Gasteiger partial charge >= 0.3 is 0 Å². The van der Waals surface area contributed by atoms with Crippen molar-refractivity contribution in [1.29, 1.82) is 0 Å². The molecule has 0 aromatic rings. The Morgan fingerprint density at radius 3 is 2.12 bits per heavy atom. The van der Waals surface area contributed by atoms with E-state index in [-0.39, 0.29) is 0 Å². The van der Waals surface area contributed by atoms with Crippen LogP contribution in [-0.2, 0) is 0 Å². The zero-order chi connectivity index (χ0) is 12.8. The Kier molecular flexibility index (Phi) is 6.50. The van der Waals surface area contributed by atoms with Crippen molar-refractivity contribution < 1.29 is 0 Å². The molecule has 0 saturated carbocycles. The zero-order valence-electron chi connectivity index (χ0n) is 12.6. The lowest BCUT2D eigenvalue weighted by atomic mass is 10.0. The largest absolute Gasteiger partial charge is 0.303 e. The van der Waals surface area contributed by atoms with Crippen LogP contribution >= 0.6 is 0 Å². The van der Waals surface area contributed by atoms with E-state index in [9.17, 15) is 0 Å². The fraction of sp³-hybridized carbons (Fsp3) is 1.00. The van der Waals surface area contributed by atoms with Gasteiger partial charge in [-0.05, 0) is 65.2 Å². The van der Waals surface area contributed by atoms with Gasteiger partial charge in [0.2, 0.25) is 0 Å². The SMILES string of the molecule is CCN(C(C)C)C1CCN(CCC(C)C)CC1. The van der Waals surface area contributed by atoms with Crippen molar-refractivity contribution in [3.05, 3.63) is 0 Å². The highest BCUT2D eigenvalue weighted by molar-refractivity contribution is 4.81. The Balaban J connectivity index is 2.29. The number of hydrogen-bond donors (Lipinski definition) is 0.